The van der Waals surface area contributed by atoms with Crippen molar-refractivity contribution in [3.05, 3.63) is 35.4 Å². The van der Waals surface area contributed by atoms with Gasteiger partial charge in [-0.2, -0.15) is 13.2 Å². The van der Waals surface area contributed by atoms with Crippen molar-refractivity contribution in [2.24, 2.45) is 0 Å². The summed E-state index contributed by atoms with van der Waals surface area (Å²) in [6.07, 6.45) is -4.44. The van der Waals surface area contributed by atoms with Gasteiger partial charge in [-0.05, 0) is 18.1 Å². The first kappa shape index (κ1) is 16.8. The second-order valence-corrected chi connectivity index (χ2v) is 4.96. The number of amides is 4. The Morgan fingerprint density at radius 2 is 1.96 bits per heavy atom. The van der Waals surface area contributed by atoms with Gasteiger partial charge in [0.05, 0.1) is 5.56 Å². The molecule has 0 aliphatic carbocycles. The molecule has 0 saturated carbocycles. The van der Waals surface area contributed by atoms with Gasteiger partial charge in [0.15, 0.2) is 0 Å². The number of imide groups is 1. The zero-order valence-electron chi connectivity index (χ0n) is 11.9. The number of benzene rings is 1. The molecule has 1 fully saturated rings. The lowest BCUT2D eigenvalue weighted by Crippen LogP contribution is -2.39. The van der Waals surface area contributed by atoms with E-state index in [2.05, 4.69) is 5.32 Å². The Kier molecular flexibility index (Phi) is 4.87. The summed E-state index contributed by atoms with van der Waals surface area (Å²) >= 11 is 0. The summed E-state index contributed by atoms with van der Waals surface area (Å²) in [6.45, 7) is -0.531. The first-order chi connectivity index (χ1) is 10.8. The molecule has 23 heavy (non-hydrogen) atoms. The van der Waals surface area contributed by atoms with Crippen molar-refractivity contribution in [1.82, 2.24) is 15.5 Å². The maximum absolute atomic E-state index is 12.8. The van der Waals surface area contributed by atoms with E-state index in [1.165, 1.54) is 18.2 Å². The van der Waals surface area contributed by atoms with Gasteiger partial charge in [0.1, 0.15) is 13.1 Å². The quantitative estimate of drug-likeness (QED) is 0.789. The minimum atomic E-state index is -4.45. The molecule has 0 spiro atoms. The smallest absolute Gasteiger partial charge is 0.354 e. The molecule has 0 unspecified atom stereocenters. The number of carbonyl (C=O) groups is 3. The van der Waals surface area contributed by atoms with Crippen LogP contribution in [-0.4, -0.2) is 42.4 Å². The van der Waals surface area contributed by atoms with Crippen molar-refractivity contribution in [1.29, 1.82) is 0 Å². The molecule has 1 heterocycles. The zero-order chi connectivity index (χ0) is 17.0. The molecule has 124 valence electrons. The standard InChI is InChI=1S/C14H14F3N3O3/c15-14(16,17)10-4-2-1-3-9(10)5-6-18-11(21)7-20-8-12(22)19-13(20)23/h1-4H,5-8H2,(H,18,21)(H,19,22,23). The maximum atomic E-state index is 12.8. The fourth-order valence-corrected chi connectivity index (χ4v) is 2.19. The Balaban J connectivity index is 1.85. The van der Waals surface area contributed by atoms with Crippen molar-refractivity contribution in [3.8, 4) is 0 Å². The lowest BCUT2D eigenvalue weighted by molar-refractivity contribution is -0.138. The largest absolute Gasteiger partial charge is 0.416 e. The molecule has 2 rings (SSSR count). The summed E-state index contributed by atoms with van der Waals surface area (Å²) < 4.78 is 38.4. The zero-order valence-corrected chi connectivity index (χ0v) is 11.9. The van der Waals surface area contributed by atoms with E-state index in [0.717, 1.165) is 11.0 Å². The summed E-state index contributed by atoms with van der Waals surface area (Å²) in [4.78, 5) is 34.9. The van der Waals surface area contributed by atoms with Crippen LogP contribution >= 0.6 is 0 Å². The number of alkyl halides is 3. The first-order valence-corrected chi connectivity index (χ1v) is 6.78. The fourth-order valence-electron chi connectivity index (χ4n) is 2.19. The minimum Gasteiger partial charge on any atom is -0.354 e. The molecule has 9 heteroatoms. The van der Waals surface area contributed by atoms with E-state index in [-0.39, 0.29) is 31.6 Å². The summed E-state index contributed by atoms with van der Waals surface area (Å²) in [5.74, 6) is -1.04. The van der Waals surface area contributed by atoms with E-state index in [9.17, 15) is 27.6 Å². The second-order valence-electron chi connectivity index (χ2n) is 4.96. The average molecular weight is 329 g/mol. The van der Waals surface area contributed by atoms with Gasteiger partial charge in [-0.25, -0.2) is 4.79 Å². The average Bonchev–Trinajstić information content (AvgIpc) is 2.76. The number of nitrogens with zero attached hydrogens (tertiary/aromatic N) is 1. The van der Waals surface area contributed by atoms with E-state index in [4.69, 9.17) is 0 Å². The Labute approximate surface area is 129 Å². The maximum Gasteiger partial charge on any atom is 0.416 e. The Hall–Kier alpha value is -2.58. The third-order valence-electron chi connectivity index (χ3n) is 3.24. The molecule has 1 aromatic carbocycles. The van der Waals surface area contributed by atoms with Crippen LogP contribution in [0.15, 0.2) is 24.3 Å². The number of hydrogen-bond acceptors (Lipinski definition) is 3. The van der Waals surface area contributed by atoms with E-state index < -0.39 is 29.6 Å². The van der Waals surface area contributed by atoms with Crippen molar-refractivity contribution in [2.75, 3.05) is 19.6 Å². The third-order valence-corrected chi connectivity index (χ3v) is 3.24. The predicted octanol–water partition coefficient (Wildman–Crippen LogP) is 0.916. The van der Waals surface area contributed by atoms with Crippen molar-refractivity contribution in [2.45, 2.75) is 12.6 Å². The Bertz CT molecular complexity index is 631. The molecule has 0 radical (unpaired) electrons. The van der Waals surface area contributed by atoms with Crippen LogP contribution in [0.4, 0.5) is 18.0 Å². The monoisotopic (exact) mass is 329 g/mol. The molecule has 0 atom stereocenters. The van der Waals surface area contributed by atoms with E-state index in [0.29, 0.717) is 0 Å². The number of carbonyl (C=O) groups excluding carboxylic acids is 3. The molecule has 1 aliphatic rings. The van der Waals surface area contributed by atoms with Crippen LogP contribution in [0.25, 0.3) is 0 Å². The predicted molar refractivity (Wildman–Crippen MR) is 73.3 cm³/mol. The van der Waals surface area contributed by atoms with E-state index in [1.54, 1.807) is 0 Å². The van der Waals surface area contributed by atoms with Gasteiger partial charge in [0, 0.05) is 6.54 Å². The van der Waals surface area contributed by atoms with Crippen LogP contribution in [0.1, 0.15) is 11.1 Å². The highest BCUT2D eigenvalue weighted by Gasteiger charge is 2.32. The number of hydrogen-bond donors (Lipinski definition) is 2. The van der Waals surface area contributed by atoms with Crippen molar-refractivity contribution < 1.29 is 27.6 Å². The van der Waals surface area contributed by atoms with Crippen molar-refractivity contribution >= 4 is 17.8 Å². The first-order valence-electron chi connectivity index (χ1n) is 6.78. The lowest BCUT2D eigenvalue weighted by Gasteiger charge is -2.14. The molecule has 0 aromatic heterocycles. The number of urea groups is 1. The topological polar surface area (TPSA) is 78.5 Å². The minimum absolute atomic E-state index is 0.00463. The van der Waals surface area contributed by atoms with Crippen LogP contribution in [0.3, 0.4) is 0 Å². The molecular weight excluding hydrogens is 315 g/mol. The number of rotatable bonds is 5. The lowest BCUT2D eigenvalue weighted by atomic mass is 10.0. The van der Waals surface area contributed by atoms with E-state index >= 15 is 0 Å². The molecule has 1 saturated heterocycles. The summed E-state index contributed by atoms with van der Waals surface area (Å²) in [7, 11) is 0. The summed E-state index contributed by atoms with van der Waals surface area (Å²) in [5.41, 5.74) is -0.659. The summed E-state index contributed by atoms with van der Waals surface area (Å²) in [5, 5.41) is 4.45. The highest BCUT2D eigenvalue weighted by molar-refractivity contribution is 6.03. The van der Waals surface area contributed by atoms with Crippen LogP contribution in [0, 0.1) is 0 Å². The molecule has 2 N–H and O–H groups in total. The third kappa shape index (κ3) is 4.44. The molecule has 0 bridgehead atoms. The highest BCUT2D eigenvalue weighted by atomic mass is 19.4. The Morgan fingerprint density at radius 1 is 1.26 bits per heavy atom. The number of nitrogens with one attached hydrogen (secondary N) is 2. The summed E-state index contributed by atoms with van der Waals surface area (Å²) in [6, 6.07) is 4.46. The molecule has 6 nitrogen and oxygen atoms in total. The van der Waals surface area contributed by atoms with Crippen LogP contribution in [0.2, 0.25) is 0 Å². The van der Waals surface area contributed by atoms with Crippen LogP contribution in [-0.2, 0) is 22.2 Å². The van der Waals surface area contributed by atoms with Gasteiger partial charge in [0.2, 0.25) is 11.8 Å². The molecule has 4 amide bonds. The highest BCUT2D eigenvalue weighted by Crippen LogP contribution is 2.31. The molecular formula is C14H14F3N3O3. The van der Waals surface area contributed by atoms with Gasteiger partial charge in [-0.1, -0.05) is 18.2 Å². The van der Waals surface area contributed by atoms with E-state index in [1.807, 2.05) is 5.32 Å². The van der Waals surface area contributed by atoms with Gasteiger partial charge in [-0.15, -0.1) is 0 Å². The molecule has 1 aliphatic heterocycles. The Morgan fingerprint density at radius 3 is 2.57 bits per heavy atom. The van der Waals surface area contributed by atoms with Gasteiger partial charge in [0.25, 0.3) is 0 Å². The normalized spacial score (nSPS) is 14.8. The number of halogens is 3. The van der Waals surface area contributed by atoms with Gasteiger partial charge in [-0.3, -0.25) is 14.9 Å². The SMILES string of the molecule is O=C(CN1CC(=O)NC1=O)NCCc1ccccc1C(F)(F)F. The van der Waals surface area contributed by atoms with Crippen LogP contribution < -0.4 is 10.6 Å². The van der Waals surface area contributed by atoms with Crippen LogP contribution in [0.5, 0.6) is 0 Å². The fraction of sp³-hybridized carbons (Fsp3) is 0.357. The van der Waals surface area contributed by atoms with Gasteiger partial charge < -0.3 is 10.2 Å². The van der Waals surface area contributed by atoms with Crippen molar-refractivity contribution in [3.63, 3.8) is 0 Å². The second kappa shape index (κ2) is 6.67. The molecule has 1 aromatic rings. The van der Waals surface area contributed by atoms with Gasteiger partial charge >= 0.3 is 12.2 Å².